The highest BCUT2D eigenvalue weighted by atomic mass is 35.5. The Kier molecular flexibility index (Phi) is 5.16. The molecule has 0 spiro atoms. The maximum Gasteiger partial charge on any atom is 0.158 e. The number of hydrogen-bond acceptors (Lipinski definition) is 4. The molecule has 4 aromatic rings. The van der Waals surface area contributed by atoms with Crippen molar-refractivity contribution in [3.63, 3.8) is 0 Å². The Bertz CT molecular complexity index is 1170. The lowest BCUT2D eigenvalue weighted by atomic mass is 10.0. The molecule has 0 amide bonds. The normalized spacial score (nSPS) is 11.0. The first kappa shape index (κ1) is 18.3. The third kappa shape index (κ3) is 3.29. The number of likely N-dealkylation sites (N-methyl/N-ethyl adjacent to an activating group) is 1. The molecule has 0 unspecified atom stereocenters. The van der Waals surface area contributed by atoms with Crippen LogP contribution in [-0.4, -0.2) is 29.0 Å². The fraction of sp³-hybridized carbons (Fsp3) is 0.182. The smallest absolute Gasteiger partial charge is 0.158 e. The fourth-order valence-corrected chi connectivity index (χ4v) is 3.51. The van der Waals surface area contributed by atoms with Crippen LogP contribution < -0.4 is 10.6 Å². The molecule has 5 nitrogen and oxygen atoms in total. The van der Waals surface area contributed by atoms with Gasteiger partial charge in [-0.1, -0.05) is 42.8 Å². The average molecular weight is 390 g/mol. The molecule has 0 atom stereocenters. The van der Waals surface area contributed by atoms with Gasteiger partial charge in [-0.05, 0) is 42.4 Å². The molecule has 28 heavy (non-hydrogen) atoms. The summed E-state index contributed by atoms with van der Waals surface area (Å²) in [7, 11) is 0. The molecule has 0 bridgehead atoms. The Labute approximate surface area is 168 Å². The number of rotatable bonds is 6. The highest BCUT2D eigenvalue weighted by Crippen LogP contribution is 2.33. The van der Waals surface area contributed by atoms with Crippen LogP contribution >= 0.6 is 11.6 Å². The minimum absolute atomic E-state index is 0.552. The maximum atomic E-state index is 9.93. The Balaban J connectivity index is 1.95. The second kappa shape index (κ2) is 7.89. The van der Waals surface area contributed by atoms with Gasteiger partial charge >= 0.3 is 0 Å². The van der Waals surface area contributed by atoms with Crippen LogP contribution in [0, 0.1) is 11.3 Å². The SMILES string of the molecule is CCNCCNc1cc(-c2ccc(Cl)cc2)c(C#N)c2nc3ccccc3n12. The van der Waals surface area contributed by atoms with Crippen molar-refractivity contribution in [2.24, 2.45) is 0 Å². The highest BCUT2D eigenvalue weighted by Gasteiger charge is 2.17. The van der Waals surface area contributed by atoms with E-state index in [1.165, 1.54) is 0 Å². The van der Waals surface area contributed by atoms with Gasteiger partial charge in [0, 0.05) is 23.7 Å². The van der Waals surface area contributed by atoms with Crippen molar-refractivity contribution in [1.29, 1.82) is 5.26 Å². The molecule has 0 aliphatic heterocycles. The minimum Gasteiger partial charge on any atom is -0.370 e. The van der Waals surface area contributed by atoms with E-state index in [9.17, 15) is 5.26 Å². The van der Waals surface area contributed by atoms with Crippen molar-refractivity contribution in [3.8, 4) is 17.2 Å². The van der Waals surface area contributed by atoms with Crippen molar-refractivity contribution >= 4 is 34.1 Å². The van der Waals surface area contributed by atoms with E-state index in [4.69, 9.17) is 16.6 Å². The van der Waals surface area contributed by atoms with E-state index >= 15 is 0 Å². The monoisotopic (exact) mass is 389 g/mol. The summed E-state index contributed by atoms with van der Waals surface area (Å²) in [6, 6.07) is 19.8. The summed E-state index contributed by atoms with van der Waals surface area (Å²) >= 11 is 6.05. The van der Waals surface area contributed by atoms with Gasteiger partial charge in [0.05, 0.1) is 11.0 Å². The topological polar surface area (TPSA) is 65.1 Å². The number of para-hydroxylation sites is 2. The van der Waals surface area contributed by atoms with E-state index in [1.807, 2.05) is 59.0 Å². The van der Waals surface area contributed by atoms with Crippen LogP contribution in [0.5, 0.6) is 0 Å². The van der Waals surface area contributed by atoms with E-state index in [0.717, 1.165) is 47.6 Å². The lowest BCUT2D eigenvalue weighted by Crippen LogP contribution is -2.22. The Morgan fingerprint density at radius 2 is 1.89 bits per heavy atom. The first-order chi connectivity index (χ1) is 13.7. The summed E-state index contributed by atoms with van der Waals surface area (Å²) < 4.78 is 2.03. The van der Waals surface area contributed by atoms with Crippen molar-refractivity contribution in [2.75, 3.05) is 25.0 Å². The van der Waals surface area contributed by atoms with E-state index in [0.29, 0.717) is 16.2 Å². The summed E-state index contributed by atoms with van der Waals surface area (Å²) in [5, 5.41) is 17.4. The third-order valence-electron chi connectivity index (χ3n) is 4.70. The molecule has 0 fully saturated rings. The van der Waals surface area contributed by atoms with Crippen molar-refractivity contribution < 1.29 is 0 Å². The van der Waals surface area contributed by atoms with Gasteiger partial charge in [0.15, 0.2) is 5.65 Å². The predicted molar refractivity (Wildman–Crippen MR) is 115 cm³/mol. The molecule has 6 heteroatoms. The largest absolute Gasteiger partial charge is 0.370 e. The Morgan fingerprint density at radius 1 is 1.11 bits per heavy atom. The molecule has 0 saturated carbocycles. The molecule has 4 rings (SSSR count). The molecule has 0 aliphatic rings. The van der Waals surface area contributed by atoms with Crippen molar-refractivity contribution in [3.05, 3.63) is 65.2 Å². The van der Waals surface area contributed by atoms with Gasteiger partial charge in [0.25, 0.3) is 0 Å². The second-order valence-corrected chi connectivity index (χ2v) is 6.91. The number of aromatic nitrogens is 2. The highest BCUT2D eigenvalue weighted by molar-refractivity contribution is 6.30. The van der Waals surface area contributed by atoms with E-state index in [-0.39, 0.29) is 0 Å². The molecule has 2 heterocycles. The second-order valence-electron chi connectivity index (χ2n) is 6.48. The Hall–Kier alpha value is -3.07. The van der Waals surface area contributed by atoms with E-state index in [1.54, 1.807) is 0 Å². The Morgan fingerprint density at radius 3 is 2.64 bits per heavy atom. The first-order valence-electron chi connectivity index (χ1n) is 9.27. The van der Waals surface area contributed by atoms with Gasteiger partial charge in [0.2, 0.25) is 0 Å². The fourth-order valence-electron chi connectivity index (χ4n) is 3.38. The van der Waals surface area contributed by atoms with Crippen LogP contribution in [0.15, 0.2) is 54.6 Å². The molecule has 0 radical (unpaired) electrons. The van der Waals surface area contributed by atoms with Crippen molar-refractivity contribution in [2.45, 2.75) is 6.92 Å². The van der Waals surface area contributed by atoms with Crippen LogP contribution in [0.2, 0.25) is 5.02 Å². The maximum absolute atomic E-state index is 9.93. The molecule has 0 aliphatic carbocycles. The number of nitriles is 1. The lowest BCUT2D eigenvalue weighted by molar-refractivity contribution is 0.737. The lowest BCUT2D eigenvalue weighted by Gasteiger charge is -2.14. The number of pyridine rings is 1. The summed E-state index contributed by atoms with van der Waals surface area (Å²) in [4.78, 5) is 4.75. The zero-order valence-corrected chi connectivity index (χ0v) is 16.3. The van der Waals surface area contributed by atoms with Crippen LogP contribution in [0.25, 0.3) is 27.8 Å². The summed E-state index contributed by atoms with van der Waals surface area (Å²) in [5.74, 6) is 0.908. The van der Waals surface area contributed by atoms with Crippen LogP contribution in [0.3, 0.4) is 0 Å². The van der Waals surface area contributed by atoms with Crippen molar-refractivity contribution in [1.82, 2.24) is 14.7 Å². The number of nitrogens with zero attached hydrogens (tertiary/aromatic N) is 3. The first-order valence-corrected chi connectivity index (χ1v) is 9.65. The summed E-state index contributed by atoms with van der Waals surface area (Å²) in [5.41, 5.74) is 4.82. The minimum atomic E-state index is 0.552. The molecule has 2 aromatic heterocycles. The van der Waals surface area contributed by atoms with Gasteiger partial charge in [-0.3, -0.25) is 4.40 Å². The number of halogens is 1. The van der Waals surface area contributed by atoms with Gasteiger partial charge in [-0.2, -0.15) is 5.26 Å². The molecular formula is C22H20ClN5. The van der Waals surface area contributed by atoms with E-state index in [2.05, 4.69) is 23.6 Å². The number of imidazole rings is 1. The number of hydrogen-bond donors (Lipinski definition) is 2. The predicted octanol–water partition coefficient (Wildman–Crippen LogP) is 4.70. The van der Waals surface area contributed by atoms with Crippen LogP contribution in [-0.2, 0) is 0 Å². The number of benzene rings is 2. The molecular weight excluding hydrogens is 370 g/mol. The molecule has 0 saturated heterocycles. The standard InChI is InChI=1S/C22H20ClN5/c1-2-25-11-12-26-21-13-17(15-7-9-16(23)10-8-15)18(14-24)22-27-19-5-3-4-6-20(19)28(21)22/h3-10,13,25-26H,2,11-12H2,1H3. The zero-order chi connectivity index (χ0) is 19.5. The van der Waals surface area contributed by atoms with Gasteiger partial charge < -0.3 is 10.6 Å². The van der Waals surface area contributed by atoms with E-state index < -0.39 is 0 Å². The van der Waals surface area contributed by atoms with Gasteiger partial charge in [-0.15, -0.1) is 0 Å². The van der Waals surface area contributed by atoms with Crippen LogP contribution in [0.1, 0.15) is 12.5 Å². The van der Waals surface area contributed by atoms with Gasteiger partial charge in [-0.25, -0.2) is 4.98 Å². The quantitative estimate of drug-likeness (QED) is 0.469. The summed E-state index contributed by atoms with van der Waals surface area (Å²) in [6.45, 7) is 4.62. The molecule has 2 aromatic carbocycles. The van der Waals surface area contributed by atoms with Gasteiger partial charge in [0.1, 0.15) is 17.5 Å². The average Bonchev–Trinajstić information content (AvgIpc) is 3.11. The number of anilines is 1. The van der Waals surface area contributed by atoms with Crippen LogP contribution in [0.4, 0.5) is 5.82 Å². The summed E-state index contributed by atoms with van der Waals surface area (Å²) in [6.07, 6.45) is 0. The molecule has 140 valence electrons. The molecule has 2 N–H and O–H groups in total. The number of nitrogens with one attached hydrogen (secondary N) is 2. The number of fused-ring (bicyclic) bond motifs is 3. The zero-order valence-electron chi connectivity index (χ0n) is 15.5. The third-order valence-corrected chi connectivity index (χ3v) is 4.95.